The summed E-state index contributed by atoms with van der Waals surface area (Å²) < 4.78 is 5.16. The minimum absolute atomic E-state index is 0.110. The van der Waals surface area contributed by atoms with Crippen LogP contribution in [0.5, 0.6) is 0 Å². The number of furan rings is 1. The first-order chi connectivity index (χ1) is 8.65. The van der Waals surface area contributed by atoms with Gasteiger partial charge in [-0.15, -0.1) is 0 Å². The minimum Gasteiger partial charge on any atom is -0.469 e. The van der Waals surface area contributed by atoms with E-state index in [1.54, 1.807) is 24.6 Å². The molecule has 94 valence electrons. The zero-order valence-electron chi connectivity index (χ0n) is 9.94. The topological polar surface area (TPSA) is 55.1 Å². The van der Waals surface area contributed by atoms with Gasteiger partial charge in [0.15, 0.2) is 5.15 Å². The Bertz CT molecular complexity index is 538. The van der Waals surface area contributed by atoms with E-state index in [-0.39, 0.29) is 5.91 Å². The van der Waals surface area contributed by atoms with E-state index in [4.69, 9.17) is 16.0 Å². The van der Waals surface area contributed by atoms with E-state index in [1.807, 2.05) is 13.0 Å². The number of nitrogens with zero attached hydrogens (tertiary/aromatic N) is 1. The van der Waals surface area contributed by atoms with Crippen LogP contribution in [0.15, 0.2) is 35.1 Å². The molecule has 0 aliphatic rings. The molecule has 0 unspecified atom stereocenters. The van der Waals surface area contributed by atoms with Crippen LogP contribution in [0, 0.1) is 6.92 Å². The molecule has 0 aromatic carbocycles. The molecule has 0 aliphatic carbocycles. The summed E-state index contributed by atoms with van der Waals surface area (Å²) in [6, 6.07) is 5.43. The predicted molar refractivity (Wildman–Crippen MR) is 69.6 cm³/mol. The number of amides is 1. The molecule has 2 aromatic heterocycles. The second-order valence-electron chi connectivity index (χ2n) is 3.98. The molecule has 0 spiro atoms. The minimum atomic E-state index is -0.110. The van der Waals surface area contributed by atoms with Gasteiger partial charge in [0.05, 0.1) is 12.0 Å². The molecule has 1 N–H and O–H groups in total. The third kappa shape index (κ3) is 3.34. The molecule has 0 atom stereocenters. The van der Waals surface area contributed by atoms with Crippen LogP contribution >= 0.6 is 11.6 Å². The predicted octanol–water partition coefficient (Wildman–Crippen LogP) is 3.21. The summed E-state index contributed by atoms with van der Waals surface area (Å²) in [5.41, 5.74) is 1.49. The molecule has 0 aliphatic heterocycles. The summed E-state index contributed by atoms with van der Waals surface area (Å²) in [6.45, 7) is 1.89. The number of hydrogen-bond acceptors (Lipinski definition) is 3. The Balaban J connectivity index is 1.92. The molecule has 4 nitrogen and oxygen atoms in total. The summed E-state index contributed by atoms with van der Waals surface area (Å²) in [7, 11) is 0. The highest BCUT2D eigenvalue weighted by atomic mass is 35.5. The Morgan fingerprint density at radius 2 is 2.39 bits per heavy atom. The van der Waals surface area contributed by atoms with Crippen LogP contribution < -0.4 is 5.32 Å². The van der Waals surface area contributed by atoms with Crippen LogP contribution in [-0.2, 0) is 11.2 Å². The van der Waals surface area contributed by atoms with E-state index >= 15 is 0 Å². The van der Waals surface area contributed by atoms with Crippen molar-refractivity contribution in [2.75, 3.05) is 5.32 Å². The monoisotopic (exact) mass is 264 g/mol. The molecule has 2 heterocycles. The molecule has 2 rings (SSSR count). The average Bonchev–Trinajstić information content (AvgIpc) is 2.84. The van der Waals surface area contributed by atoms with Gasteiger partial charge in [-0.05, 0) is 30.7 Å². The number of aryl methyl sites for hydroxylation is 2. The first kappa shape index (κ1) is 12.6. The van der Waals surface area contributed by atoms with Crippen molar-refractivity contribution in [3.63, 3.8) is 0 Å². The van der Waals surface area contributed by atoms with E-state index in [9.17, 15) is 4.79 Å². The number of anilines is 1. The molecule has 0 fully saturated rings. The zero-order valence-corrected chi connectivity index (χ0v) is 10.7. The second kappa shape index (κ2) is 5.69. The van der Waals surface area contributed by atoms with Crippen molar-refractivity contribution in [2.24, 2.45) is 0 Å². The molecule has 18 heavy (non-hydrogen) atoms. The lowest BCUT2D eigenvalue weighted by atomic mass is 10.2. The van der Waals surface area contributed by atoms with E-state index in [0.29, 0.717) is 23.7 Å². The number of rotatable bonds is 4. The van der Waals surface area contributed by atoms with E-state index in [2.05, 4.69) is 10.3 Å². The van der Waals surface area contributed by atoms with Crippen LogP contribution in [0.1, 0.15) is 17.7 Å². The summed E-state index contributed by atoms with van der Waals surface area (Å²) in [4.78, 5) is 15.7. The number of pyridine rings is 1. The number of carbonyl (C=O) groups excluding carboxylic acids is 1. The number of halogens is 1. The third-order valence-electron chi connectivity index (χ3n) is 2.43. The molecule has 0 saturated carbocycles. The third-order valence-corrected chi connectivity index (χ3v) is 2.73. The molecule has 1 amide bonds. The van der Waals surface area contributed by atoms with Crippen LogP contribution in [0.4, 0.5) is 5.69 Å². The second-order valence-corrected chi connectivity index (χ2v) is 4.34. The Morgan fingerprint density at radius 1 is 1.56 bits per heavy atom. The van der Waals surface area contributed by atoms with Gasteiger partial charge in [-0.2, -0.15) is 0 Å². The maximum absolute atomic E-state index is 11.7. The molecule has 0 saturated heterocycles. The van der Waals surface area contributed by atoms with E-state index in [0.717, 1.165) is 11.3 Å². The number of hydrogen-bond donors (Lipinski definition) is 1. The van der Waals surface area contributed by atoms with Gasteiger partial charge >= 0.3 is 0 Å². The molecular weight excluding hydrogens is 252 g/mol. The Morgan fingerprint density at radius 3 is 3.11 bits per heavy atom. The lowest BCUT2D eigenvalue weighted by Gasteiger charge is -2.06. The normalized spacial score (nSPS) is 10.3. The fourth-order valence-corrected chi connectivity index (χ4v) is 1.70. The number of aromatic nitrogens is 1. The summed E-state index contributed by atoms with van der Waals surface area (Å²) in [6.07, 6.45) is 4.16. The van der Waals surface area contributed by atoms with Gasteiger partial charge in [0.1, 0.15) is 5.76 Å². The van der Waals surface area contributed by atoms with Gasteiger partial charge in [0.2, 0.25) is 5.91 Å². The summed E-state index contributed by atoms with van der Waals surface area (Å²) >= 11 is 5.90. The summed E-state index contributed by atoms with van der Waals surface area (Å²) in [5, 5.41) is 3.04. The molecule has 0 bridgehead atoms. The fraction of sp³-hybridized carbons (Fsp3) is 0.231. The van der Waals surface area contributed by atoms with Gasteiger partial charge in [0.25, 0.3) is 0 Å². The lowest BCUT2D eigenvalue weighted by molar-refractivity contribution is -0.116. The maximum Gasteiger partial charge on any atom is 0.224 e. The van der Waals surface area contributed by atoms with Gasteiger partial charge in [-0.25, -0.2) is 4.98 Å². The Labute approximate surface area is 110 Å². The number of nitrogens with one attached hydrogen (secondary N) is 1. The largest absolute Gasteiger partial charge is 0.469 e. The van der Waals surface area contributed by atoms with Crippen molar-refractivity contribution in [1.29, 1.82) is 0 Å². The highest BCUT2D eigenvalue weighted by Crippen LogP contribution is 2.20. The zero-order chi connectivity index (χ0) is 13.0. The molecule has 5 heteroatoms. The SMILES string of the molecule is Cc1cnc(Cl)c(NC(=O)CCc2ccco2)c1. The average molecular weight is 265 g/mol. The standard InChI is InChI=1S/C13H13ClN2O2/c1-9-7-11(13(14)15-8-9)16-12(17)5-4-10-3-2-6-18-10/h2-3,6-8H,4-5H2,1H3,(H,16,17). The van der Waals surface area contributed by atoms with Gasteiger partial charge in [-0.3, -0.25) is 4.79 Å². The van der Waals surface area contributed by atoms with Crippen LogP contribution in [0.3, 0.4) is 0 Å². The highest BCUT2D eigenvalue weighted by molar-refractivity contribution is 6.32. The molecule has 0 radical (unpaired) electrons. The maximum atomic E-state index is 11.7. The van der Waals surface area contributed by atoms with Crippen molar-refractivity contribution in [3.8, 4) is 0 Å². The quantitative estimate of drug-likeness (QED) is 0.863. The Hall–Kier alpha value is -1.81. The van der Waals surface area contributed by atoms with E-state index < -0.39 is 0 Å². The van der Waals surface area contributed by atoms with Crippen molar-refractivity contribution in [2.45, 2.75) is 19.8 Å². The Kier molecular flexibility index (Phi) is 3.99. The molecule has 2 aromatic rings. The van der Waals surface area contributed by atoms with Crippen molar-refractivity contribution < 1.29 is 9.21 Å². The van der Waals surface area contributed by atoms with Crippen molar-refractivity contribution in [3.05, 3.63) is 47.1 Å². The van der Waals surface area contributed by atoms with Gasteiger partial charge in [-0.1, -0.05) is 11.6 Å². The smallest absolute Gasteiger partial charge is 0.224 e. The van der Waals surface area contributed by atoms with Gasteiger partial charge < -0.3 is 9.73 Å². The number of carbonyl (C=O) groups is 1. The van der Waals surface area contributed by atoms with Crippen LogP contribution in [0.25, 0.3) is 0 Å². The molecular formula is C13H13ClN2O2. The lowest BCUT2D eigenvalue weighted by Crippen LogP contribution is -2.13. The first-order valence-corrected chi connectivity index (χ1v) is 5.97. The highest BCUT2D eigenvalue weighted by Gasteiger charge is 2.08. The van der Waals surface area contributed by atoms with E-state index in [1.165, 1.54) is 0 Å². The van der Waals surface area contributed by atoms with Crippen molar-refractivity contribution in [1.82, 2.24) is 4.98 Å². The van der Waals surface area contributed by atoms with Gasteiger partial charge in [0, 0.05) is 19.0 Å². The first-order valence-electron chi connectivity index (χ1n) is 5.59. The fourth-order valence-electron chi connectivity index (χ4n) is 1.54. The van der Waals surface area contributed by atoms with Crippen LogP contribution in [0.2, 0.25) is 5.15 Å². The summed E-state index contributed by atoms with van der Waals surface area (Å²) in [5.74, 6) is 0.680. The van der Waals surface area contributed by atoms with Crippen molar-refractivity contribution >= 4 is 23.2 Å². The van der Waals surface area contributed by atoms with Crippen LogP contribution in [-0.4, -0.2) is 10.9 Å².